The monoisotopic (exact) mass is 496 g/mol. The molecule has 0 saturated carbocycles. The Hall–Kier alpha value is -4.13. The second-order valence-corrected chi connectivity index (χ2v) is 9.04. The van der Waals surface area contributed by atoms with E-state index in [2.05, 4.69) is 15.0 Å². The van der Waals surface area contributed by atoms with Crippen LogP contribution >= 0.6 is 11.3 Å². The van der Waals surface area contributed by atoms with Crippen molar-refractivity contribution in [3.8, 4) is 0 Å². The van der Waals surface area contributed by atoms with Gasteiger partial charge >= 0.3 is 5.69 Å². The first-order chi connectivity index (χ1) is 16.8. The van der Waals surface area contributed by atoms with Gasteiger partial charge in [-0.15, -0.1) is 0 Å². The number of benzene rings is 1. The summed E-state index contributed by atoms with van der Waals surface area (Å²) in [6, 6.07) is 4.68. The summed E-state index contributed by atoms with van der Waals surface area (Å²) < 4.78 is 20.5. The maximum absolute atomic E-state index is 14.3. The zero-order valence-corrected chi connectivity index (χ0v) is 19.8. The molecule has 4 heterocycles. The van der Waals surface area contributed by atoms with E-state index in [-0.39, 0.29) is 29.1 Å². The van der Waals surface area contributed by atoms with Crippen molar-refractivity contribution in [2.24, 2.45) is 14.1 Å². The van der Waals surface area contributed by atoms with E-state index in [1.54, 1.807) is 24.7 Å². The van der Waals surface area contributed by atoms with E-state index in [4.69, 9.17) is 0 Å². The number of aromatic nitrogens is 7. The van der Waals surface area contributed by atoms with Crippen LogP contribution in [0.15, 0.2) is 52.8 Å². The van der Waals surface area contributed by atoms with Gasteiger partial charge in [0.25, 0.3) is 5.56 Å². The van der Waals surface area contributed by atoms with Gasteiger partial charge in [0.2, 0.25) is 5.91 Å². The molecule has 0 saturated heterocycles. The number of thiazole rings is 1. The molecule has 5 aromatic rings. The van der Waals surface area contributed by atoms with Crippen molar-refractivity contribution >= 4 is 43.8 Å². The van der Waals surface area contributed by atoms with Crippen LogP contribution in [0.3, 0.4) is 0 Å². The molecule has 0 bridgehead atoms. The molecule has 0 atom stereocenters. The standard InChI is InChI=1S/C22H21FN8O3S/c1-27-19-18(20(33)28(2)22(27)34)30(13-25-19)11-16(32)31(9-4-8-29-10-7-24-12-29)21-26-17-14(23)5-3-6-15(17)35-21/h3,5-7,10,12-13H,4,8-9,11H2,1-2H3. The Morgan fingerprint density at radius 3 is 2.74 bits per heavy atom. The smallest absolute Gasteiger partial charge is 0.332 e. The zero-order chi connectivity index (χ0) is 24.7. The minimum atomic E-state index is -0.540. The molecule has 4 aromatic heterocycles. The van der Waals surface area contributed by atoms with Crippen LogP contribution in [0.4, 0.5) is 9.52 Å². The van der Waals surface area contributed by atoms with Crippen LogP contribution in [0, 0.1) is 5.82 Å². The Bertz CT molecular complexity index is 1660. The predicted octanol–water partition coefficient (Wildman–Crippen LogP) is 1.50. The third kappa shape index (κ3) is 4.03. The van der Waals surface area contributed by atoms with E-state index in [9.17, 15) is 18.8 Å². The lowest BCUT2D eigenvalue weighted by atomic mass is 10.3. The van der Waals surface area contributed by atoms with Crippen molar-refractivity contribution in [1.82, 2.24) is 33.2 Å². The van der Waals surface area contributed by atoms with Crippen LogP contribution < -0.4 is 16.1 Å². The highest BCUT2D eigenvalue weighted by Crippen LogP contribution is 2.30. The first-order valence-electron chi connectivity index (χ1n) is 10.8. The molecular formula is C22H21FN8O3S. The molecule has 13 heteroatoms. The normalized spacial score (nSPS) is 11.5. The number of para-hydroxylation sites is 1. The number of rotatable bonds is 7. The summed E-state index contributed by atoms with van der Waals surface area (Å²) in [6.45, 7) is 0.745. The quantitative estimate of drug-likeness (QED) is 0.338. The van der Waals surface area contributed by atoms with Crippen molar-refractivity contribution < 1.29 is 9.18 Å². The van der Waals surface area contributed by atoms with Crippen LogP contribution in [0.2, 0.25) is 0 Å². The van der Waals surface area contributed by atoms with Crippen molar-refractivity contribution in [2.45, 2.75) is 19.5 Å². The number of hydrogen-bond acceptors (Lipinski definition) is 7. The summed E-state index contributed by atoms with van der Waals surface area (Å²) in [5, 5.41) is 0.366. The van der Waals surface area contributed by atoms with E-state index >= 15 is 0 Å². The zero-order valence-electron chi connectivity index (χ0n) is 19.0. The number of aryl methyl sites for hydroxylation is 2. The fourth-order valence-electron chi connectivity index (χ4n) is 3.92. The predicted molar refractivity (Wildman–Crippen MR) is 129 cm³/mol. The van der Waals surface area contributed by atoms with Crippen LogP contribution in [0.25, 0.3) is 21.4 Å². The minimum Gasteiger partial charge on any atom is -0.337 e. The first kappa shape index (κ1) is 22.7. The average molecular weight is 497 g/mol. The fourth-order valence-corrected chi connectivity index (χ4v) is 4.95. The summed E-state index contributed by atoms with van der Waals surface area (Å²) in [5.74, 6) is -0.800. The average Bonchev–Trinajstić information content (AvgIpc) is 3.59. The molecular weight excluding hydrogens is 475 g/mol. The molecule has 35 heavy (non-hydrogen) atoms. The lowest BCUT2D eigenvalue weighted by Crippen LogP contribution is -2.39. The van der Waals surface area contributed by atoms with E-state index in [1.807, 2.05) is 10.8 Å². The molecule has 0 N–H and O–H groups in total. The van der Waals surface area contributed by atoms with Crippen molar-refractivity contribution in [3.63, 3.8) is 0 Å². The third-order valence-electron chi connectivity index (χ3n) is 5.77. The first-order valence-corrected chi connectivity index (χ1v) is 11.6. The highest BCUT2D eigenvalue weighted by molar-refractivity contribution is 7.22. The number of amides is 1. The molecule has 0 spiro atoms. The third-order valence-corrected chi connectivity index (χ3v) is 6.81. The van der Waals surface area contributed by atoms with Gasteiger partial charge in [-0.25, -0.2) is 24.1 Å². The Morgan fingerprint density at radius 1 is 1.17 bits per heavy atom. The number of carbonyl (C=O) groups excluding carboxylic acids is 1. The molecule has 0 fully saturated rings. The number of fused-ring (bicyclic) bond motifs is 2. The summed E-state index contributed by atoms with van der Waals surface area (Å²) >= 11 is 1.22. The molecule has 1 aromatic carbocycles. The Balaban J connectivity index is 1.49. The summed E-state index contributed by atoms with van der Waals surface area (Å²) in [4.78, 5) is 52.6. The molecule has 0 aliphatic carbocycles. The molecule has 0 radical (unpaired) electrons. The number of imidazole rings is 2. The maximum atomic E-state index is 14.3. The van der Waals surface area contributed by atoms with Crippen LogP contribution in [-0.4, -0.2) is 45.7 Å². The lowest BCUT2D eigenvalue weighted by molar-refractivity contribution is -0.119. The van der Waals surface area contributed by atoms with Gasteiger partial charge in [0.1, 0.15) is 17.9 Å². The Morgan fingerprint density at radius 2 is 2.00 bits per heavy atom. The number of carbonyl (C=O) groups is 1. The molecule has 0 aliphatic heterocycles. The molecule has 180 valence electrons. The van der Waals surface area contributed by atoms with E-state index in [0.717, 1.165) is 4.57 Å². The Kier molecular flexibility index (Phi) is 5.76. The topological polar surface area (TPSA) is 113 Å². The largest absolute Gasteiger partial charge is 0.337 e. The van der Waals surface area contributed by atoms with E-state index < -0.39 is 17.1 Å². The van der Waals surface area contributed by atoms with Gasteiger partial charge in [-0.3, -0.25) is 23.6 Å². The molecule has 1 amide bonds. The number of anilines is 1. The van der Waals surface area contributed by atoms with Gasteiger partial charge < -0.3 is 9.13 Å². The number of halogens is 1. The second-order valence-electron chi connectivity index (χ2n) is 8.03. The summed E-state index contributed by atoms with van der Waals surface area (Å²) in [5.41, 5.74) is -0.494. The van der Waals surface area contributed by atoms with Gasteiger partial charge in [-0.2, -0.15) is 0 Å². The second kappa shape index (κ2) is 8.91. The van der Waals surface area contributed by atoms with Crippen molar-refractivity contribution in [2.75, 3.05) is 11.4 Å². The molecule has 0 aliphatic rings. The molecule has 5 rings (SSSR count). The van der Waals surface area contributed by atoms with E-state index in [1.165, 1.54) is 51.9 Å². The van der Waals surface area contributed by atoms with Crippen LogP contribution in [0.1, 0.15) is 6.42 Å². The molecule has 11 nitrogen and oxygen atoms in total. The SMILES string of the molecule is Cn1c(=O)c2c(ncn2CC(=O)N(CCCn2ccnc2)c2nc3c(F)cccc3s2)n(C)c1=O. The maximum Gasteiger partial charge on any atom is 0.332 e. The number of hydrogen-bond donors (Lipinski definition) is 0. The van der Waals surface area contributed by atoms with Crippen LogP contribution in [-0.2, 0) is 32.0 Å². The highest BCUT2D eigenvalue weighted by atomic mass is 32.1. The lowest BCUT2D eigenvalue weighted by Gasteiger charge is -2.20. The van der Waals surface area contributed by atoms with Gasteiger partial charge in [0, 0.05) is 39.6 Å². The van der Waals surface area contributed by atoms with Gasteiger partial charge in [-0.1, -0.05) is 17.4 Å². The van der Waals surface area contributed by atoms with Crippen LogP contribution in [0.5, 0.6) is 0 Å². The minimum absolute atomic E-state index is 0.150. The van der Waals surface area contributed by atoms with Gasteiger partial charge in [-0.05, 0) is 18.6 Å². The fraction of sp³-hybridized carbons (Fsp3) is 0.273. The van der Waals surface area contributed by atoms with Crippen molar-refractivity contribution in [3.05, 3.63) is 69.9 Å². The van der Waals surface area contributed by atoms with E-state index in [0.29, 0.717) is 29.3 Å². The summed E-state index contributed by atoms with van der Waals surface area (Å²) in [7, 11) is 2.89. The number of nitrogens with zero attached hydrogens (tertiary/aromatic N) is 8. The Labute approximate surface area is 201 Å². The van der Waals surface area contributed by atoms with Gasteiger partial charge in [0.15, 0.2) is 16.3 Å². The van der Waals surface area contributed by atoms with Gasteiger partial charge in [0.05, 0.1) is 17.4 Å². The highest BCUT2D eigenvalue weighted by Gasteiger charge is 2.23. The van der Waals surface area contributed by atoms with Crippen molar-refractivity contribution in [1.29, 1.82) is 0 Å². The summed E-state index contributed by atoms with van der Waals surface area (Å²) in [6.07, 6.45) is 7.16. The molecule has 0 unspecified atom stereocenters.